The zero-order valence-corrected chi connectivity index (χ0v) is 12.4. The third-order valence-electron chi connectivity index (χ3n) is 3.74. The van der Waals surface area contributed by atoms with E-state index in [4.69, 9.17) is 4.74 Å². The summed E-state index contributed by atoms with van der Waals surface area (Å²) in [5.74, 6) is 1.42. The lowest BCUT2D eigenvalue weighted by atomic mass is 10.1. The largest absolute Gasteiger partial charge is 0.455 e. The summed E-state index contributed by atoms with van der Waals surface area (Å²) in [4.78, 5) is 15.6. The second-order valence-electron chi connectivity index (χ2n) is 5.30. The van der Waals surface area contributed by atoms with E-state index in [1.165, 1.54) is 5.56 Å². The number of pyridine rings is 1. The lowest BCUT2D eigenvalue weighted by molar-refractivity contribution is 0.487. The van der Waals surface area contributed by atoms with Gasteiger partial charge in [0.2, 0.25) is 0 Å². The van der Waals surface area contributed by atoms with Crippen LogP contribution in [0.25, 0.3) is 10.9 Å². The molecule has 0 aliphatic heterocycles. The molecule has 0 saturated heterocycles. The molecule has 0 amide bonds. The molecule has 3 rings (SSSR count). The first kappa shape index (κ1) is 13.4. The maximum Gasteiger partial charge on any atom is 0.192 e. The number of hydrogen-bond acceptors (Lipinski definition) is 2. The molecule has 2 aromatic carbocycles. The molecule has 0 aliphatic rings. The Morgan fingerprint density at radius 2 is 1.67 bits per heavy atom. The van der Waals surface area contributed by atoms with Crippen molar-refractivity contribution in [3.8, 4) is 11.5 Å². The van der Waals surface area contributed by atoms with Crippen molar-refractivity contribution >= 4 is 10.9 Å². The minimum absolute atomic E-state index is 0.0515. The first-order valence-corrected chi connectivity index (χ1v) is 6.93. The summed E-state index contributed by atoms with van der Waals surface area (Å²) in [5, 5.41) is 0.655. The molecular formula is C18H17NO2. The summed E-state index contributed by atoms with van der Waals surface area (Å²) in [6.07, 6.45) is 0. The second-order valence-corrected chi connectivity index (χ2v) is 5.30. The normalized spacial score (nSPS) is 10.8. The van der Waals surface area contributed by atoms with Gasteiger partial charge in [-0.2, -0.15) is 0 Å². The van der Waals surface area contributed by atoms with Crippen LogP contribution >= 0.6 is 0 Å². The molecule has 0 bridgehead atoms. The predicted octanol–water partition coefficient (Wildman–Crippen LogP) is 4.25. The molecule has 3 aromatic rings. The smallest absolute Gasteiger partial charge is 0.192 e. The van der Waals surface area contributed by atoms with Gasteiger partial charge in [-0.3, -0.25) is 4.79 Å². The van der Waals surface area contributed by atoms with Crippen LogP contribution in [0, 0.1) is 20.8 Å². The van der Waals surface area contributed by atoms with Crippen molar-refractivity contribution in [2.45, 2.75) is 20.8 Å². The minimum atomic E-state index is 0.0515. The van der Waals surface area contributed by atoms with Crippen LogP contribution in [0.5, 0.6) is 11.5 Å². The molecule has 106 valence electrons. The van der Waals surface area contributed by atoms with Gasteiger partial charge in [0.05, 0.1) is 5.52 Å². The first-order valence-electron chi connectivity index (χ1n) is 6.93. The Bertz CT molecular complexity index is 861. The van der Waals surface area contributed by atoms with Gasteiger partial charge in [0.15, 0.2) is 11.2 Å². The van der Waals surface area contributed by atoms with E-state index in [0.29, 0.717) is 11.1 Å². The average Bonchev–Trinajstić information content (AvgIpc) is 2.48. The van der Waals surface area contributed by atoms with E-state index in [0.717, 1.165) is 22.5 Å². The average molecular weight is 279 g/mol. The highest BCUT2D eigenvalue weighted by Crippen LogP contribution is 2.28. The zero-order chi connectivity index (χ0) is 15.0. The maximum absolute atomic E-state index is 12.3. The van der Waals surface area contributed by atoms with Crippen molar-refractivity contribution < 1.29 is 4.74 Å². The Morgan fingerprint density at radius 1 is 0.952 bits per heavy atom. The molecule has 3 heteroatoms. The van der Waals surface area contributed by atoms with Gasteiger partial charge in [-0.15, -0.1) is 0 Å². The van der Waals surface area contributed by atoms with Crippen molar-refractivity contribution in [2.75, 3.05) is 0 Å². The Kier molecular flexibility index (Phi) is 3.26. The van der Waals surface area contributed by atoms with E-state index in [1.807, 2.05) is 63.2 Å². The van der Waals surface area contributed by atoms with Gasteiger partial charge in [-0.05, 0) is 45.0 Å². The number of nitrogens with one attached hydrogen (secondary N) is 1. The monoisotopic (exact) mass is 279 g/mol. The van der Waals surface area contributed by atoms with Crippen LogP contribution in [-0.2, 0) is 0 Å². The van der Waals surface area contributed by atoms with Crippen LogP contribution in [-0.4, -0.2) is 4.98 Å². The Hall–Kier alpha value is -2.55. The Morgan fingerprint density at radius 3 is 2.38 bits per heavy atom. The van der Waals surface area contributed by atoms with Crippen molar-refractivity contribution in [1.82, 2.24) is 4.98 Å². The van der Waals surface area contributed by atoms with Gasteiger partial charge in [0, 0.05) is 16.6 Å². The molecule has 0 radical (unpaired) electrons. The van der Waals surface area contributed by atoms with Crippen LogP contribution in [0.2, 0.25) is 0 Å². The van der Waals surface area contributed by atoms with Crippen LogP contribution in [0.1, 0.15) is 16.8 Å². The van der Waals surface area contributed by atoms with Gasteiger partial charge < -0.3 is 9.72 Å². The quantitative estimate of drug-likeness (QED) is 0.762. The zero-order valence-electron chi connectivity index (χ0n) is 12.4. The predicted molar refractivity (Wildman–Crippen MR) is 85.3 cm³/mol. The molecule has 21 heavy (non-hydrogen) atoms. The summed E-state index contributed by atoms with van der Waals surface area (Å²) < 4.78 is 5.93. The van der Waals surface area contributed by atoms with E-state index >= 15 is 0 Å². The van der Waals surface area contributed by atoms with Crippen LogP contribution in [0.15, 0.2) is 47.3 Å². The lowest BCUT2D eigenvalue weighted by Crippen LogP contribution is -2.09. The maximum atomic E-state index is 12.3. The van der Waals surface area contributed by atoms with E-state index in [-0.39, 0.29) is 5.43 Å². The van der Waals surface area contributed by atoms with Crippen molar-refractivity contribution in [1.29, 1.82) is 0 Å². The van der Waals surface area contributed by atoms with Gasteiger partial charge >= 0.3 is 0 Å². The van der Waals surface area contributed by atoms with E-state index in [2.05, 4.69) is 4.98 Å². The Labute approximate surface area is 123 Å². The number of H-pyrrole nitrogens is 1. The van der Waals surface area contributed by atoms with Crippen molar-refractivity contribution in [2.24, 2.45) is 0 Å². The standard InChI is InChI=1S/C18H17NO2/c1-11-7-9-14(10-8-11)21-16-6-4-5-15-17(16)19-13(3)12(2)18(15)20/h4-10H,1-3H3,(H,19,20). The third-order valence-corrected chi connectivity index (χ3v) is 3.74. The lowest BCUT2D eigenvalue weighted by Gasteiger charge is -2.11. The molecule has 0 saturated carbocycles. The number of aromatic nitrogens is 1. The van der Waals surface area contributed by atoms with Crippen LogP contribution in [0.3, 0.4) is 0 Å². The van der Waals surface area contributed by atoms with Gasteiger partial charge in [-0.25, -0.2) is 0 Å². The molecule has 1 heterocycles. The van der Waals surface area contributed by atoms with Crippen LogP contribution in [0.4, 0.5) is 0 Å². The van der Waals surface area contributed by atoms with Crippen molar-refractivity contribution in [3.63, 3.8) is 0 Å². The third kappa shape index (κ3) is 2.42. The van der Waals surface area contributed by atoms with Crippen molar-refractivity contribution in [3.05, 3.63) is 69.5 Å². The summed E-state index contributed by atoms with van der Waals surface area (Å²) in [5.41, 5.74) is 3.59. The van der Waals surface area contributed by atoms with E-state index in [1.54, 1.807) is 0 Å². The molecule has 1 aromatic heterocycles. The van der Waals surface area contributed by atoms with Gasteiger partial charge in [-0.1, -0.05) is 23.8 Å². The fourth-order valence-corrected chi connectivity index (χ4v) is 2.32. The first-order chi connectivity index (χ1) is 10.1. The number of aromatic amines is 1. The summed E-state index contributed by atoms with van der Waals surface area (Å²) in [6, 6.07) is 13.4. The molecule has 3 nitrogen and oxygen atoms in total. The summed E-state index contributed by atoms with van der Waals surface area (Å²) in [7, 11) is 0. The number of benzene rings is 2. The highest BCUT2D eigenvalue weighted by Gasteiger charge is 2.10. The fraction of sp³-hybridized carbons (Fsp3) is 0.167. The number of rotatable bonds is 2. The second kappa shape index (κ2) is 5.09. The SMILES string of the molecule is Cc1ccc(Oc2cccc3c(=O)c(C)c(C)[nH]c23)cc1. The molecular weight excluding hydrogens is 262 g/mol. The number of para-hydroxylation sites is 1. The summed E-state index contributed by atoms with van der Waals surface area (Å²) in [6.45, 7) is 5.77. The highest BCUT2D eigenvalue weighted by atomic mass is 16.5. The van der Waals surface area contributed by atoms with E-state index in [9.17, 15) is 4.79 Å². The molecule has 0 aliphatic carbocycles. The molecule has 0 unspecified atom stereocenters. The number of hydrogen-bond donors (Lipinski definition) is 1. The van der Waals surface area contributed by atoms with Gasteiger partial charge in [0.25, 0.3) is 0 Å². The summed E-state index contributed by atoms with van der Waals surface area (Å²) >= 11 is 0. The number of fused-ring (bicyclic) bond motifs is 1. The number of aryl methyl sites for hydroxylation is 2. The Balaban J connectivity index is 2.15. The topological polar surface area (TPSA) is 42.1 Å². The van der Waals surface area contributed by atoms with Crippen LogP contribution < -0.4 is 10.2 Å². The highest BCUT2D eigenvalue weighted by molar-refractivity contribution is 5.85. The number of ether oxygens (including phenoxy) is 1. The molecule has 0 spiro atoms. The molecule has 1 N–H and O–H groups in total. The fourth-order valence-electron chi connectivity index (χ4n) is 2.32. The molecule has 0 fully saturated rings. The molecule has 0 atom stereocenters. The van der Waals surface area contributed by atoms with Gasteiger partial charge in [0.1, 0.15) is 5.75 Å². The minimum Gasteiger partial charge on any atom is -0.455 e. The van der Waals surface area contributed by atoms with E-state index < -0.39 is 0 Å².